The number of aryl methyl sites for hydroxylation is 1. The second kappa shape index (κ2) is 7.52. The van der Waals surface area contributed by atoms with Gasteiger partial charge in [-0.2, -0.15) is 0 Å². The Balaban J connectivity index is 1.53. The van der Waals surface area contributed by atoms with Crippen molar-refractivity contribution in [1.82, 2.24) is 29.5 Å². The number of nitrogens with zero attached hydrogens (tertiary/aromatic N) is 6. The Morgan fingerprint density at radius 1 is 1.04 bits per heavy atom. The highest BCUT2D eigenvalue weighted by Gasteiger charge is 2.37. The number of pyridine rings is 1. The normalized spacial score (nSPS) is 19.4. The minimum absolute atomic E-state index is 0.0178. The van der Waals surface area contributed by atoms with Gasteiger partial charge in [0.25, 0.3) is 5.91 Å². The van der Waals surface area contributed by atoms with Crippen molar-refractivity contribution in [2.24, 2.45) is 0 Å². The lowest BCUT2D eigenvalue weighted by molar-refractivity contribution is 0.0782. The van der Waals surface area contributed by atoms with Gasteiger partial charge in [0, 0.05) is 31.2 Å². The third-order valence-corrected chi connectivity index (χ3v) is 5.42. The maximum absolute atomic E-state index is 13.1. The van der Waals surface area contributed by atoms with Crippen LogP contribution in [0.5, 0.6) is 0 Å². The van der Waals surface area contributed by atoms with Crippen LogP contribution in [0.1, 0.15) is 27.4 Å². The lowest BCUT2D eigenvalue weighted by Gasteiger charge is -2.25. The summed E-state index contributed by atoms with van der Waals surface area (Å²) in [6.07, 6.45) is 4.79. The molecule has 1 fully saturated rings. The SMILES string of the molecule is Cc1ccc([C@@H]2CN(C(=O)c3ccc(-n4cnnc4)nc3)C[C@H]2N(C)C)cc1. The maximum atomic E-state index is 13.1. The minimum atomic E-state index is 0.0178. The fraction of sp³-hybridized carbons (Fsp3) is 0.333. The van der Waals surface area contributed by atoms with Gasteiger partial charge in [-0.1, -0.05) is 29.8 Å². The summed E-state index contributed by atoms with van der Waals surface area (Å²) in [6, 6.07) is 12.6. The molecule has 1 aliphatic rings. The highest BCUT2D eigenvalue weighted by molar-refractivity contribution is 5.94. The van der Waals surface area contributed by atoms with Gasteiger partial charge in [-0.25, -0.2) is 4.98 Å². The van der Waals surface area contributed by atoms with Gasteiger partial charge in [-0.05, 0) is 38.7 Å². The zero-order chi connectivity index (χ0) is 19.7. The van der Waals surface area contributed by atoms with Crippen molar-refractivity contribution in [1.29, 1.82) is 0 Å². The number of aromatic nitrogens is 4. The molecule has 0 radical (unpaired) electrons. The quantitative estimate of drug-likeness (QED) is 0.698. The molecule has 3 heterocycles. The van der Waals surface area contributed by atoms with Gasteiger partial charge in [0.1, 0.15) is 18.5 Å². The van der Waals surface area contributed by atoms with E-state index in [-0.39, 0.29) is 11.9 Å². The molecule has 2 aromatic heterocycles. The van der Waals surface area contributed by atoms with E-state index in [2.05, 4.69) is 65.4 Å². The molecule has 7 heteroatoms. The van der Waals surface area contributed by atoms with Crippen LogP contribution in [0.4, 0.5) is 0 Å². The van der Waals surface area contributed by atoms with Crippen LogP contribution in [0.15, 0.2) is 55.2 Å². The number of hydrogen-bond acceptors (Lipinski definition) is 5. The van der Waals surface area contributed by atoms with Gasteiger partial charge < -0.3 is 9.80 Å². The Kier molecular flexibility index (Phi) is 4.92. The standard InChI is InChI=1S/C21H24N6O/c1-15-4-6-16(7-5-15)18-11-26(12-19(18)25(2)3)21(28)17-8-9-20(22-10-17)27-13-23-24-14-27/h4-10,13-14,18-19H,11-12H2,1-3H3/t18-,19+/m0/s1. The molecule has 144 valence electrons. The molecule has 0 spiro atoms. The molecule has 2 atom stereocenters. The van der Waals surface area contributed by atoms with Crippen LogP contribution in [-0.2, 0) is 0 Å². The second-order valence-electron chi connectivity index (χ2n) is 7.53. The smallest absolute Gasteiger partial charge is 0.255 e. The first-order chi connectivity index (χ1) is 13.5. The highest BCUT2D eigenvalue weighted by atomic mass is 16.2. The maximum Gasteiger partial charge on any atom is 0.255 e. The Hall–Kier alpha value is -3.06. The van der Waals surface area contributed by atoms with E-state index in [0.717, 1.165) is 0 Å². The van der Waals surface area contributed by atoms with Crippen molar-refractivity contribution in [3.63, 3.8) is 0 Å². The topological polar surface area (TPSA) is 67.2 Å². The fourth-order valence-electron chi connectivity index (χ4n) is 3.78. The van der Waals surface area contributed by atoms with Crippen molar-refractivity contribution >= 4 is 5.91 Å². The van der Waals surface area contributed by atoms with Crippen molar-refractivity contribution < 1.29 is 4.79 Å². The number of hydrogen-bond donors (Lipinski definition) is 0. The summed E-state index contributed by atoms with van der Waals surface area (Å²) < 4.78 is 1.71. The predicted molar refractivity (Wildman–Crippen MR) is 106 cm³/mol. The third kappa shape index (κ3) is 3.53. The van der Waals surface area contributed by atoms with E-state index < -0.39 is 0 Å². The van der Waals surface area contributed by atoms with Gasteiger partial charge in [-0.3, -0.25) is 9.36 Å². The summed E-state index contributed by atoms with van der Waals surface area (Å²) in [4.78, 5) is 21.6. The van der Waals surface area contributed by atoms with E-state index in [1.807, 2.05) is 17.0 Å². The van der Waals surface area contributed by atoms with Gasteiger partial charge in [-0.15, -0.1) is 10.2 Å². The van der Waals surface area contributed by atoms with E-state index in [9.17, 15) is 4.79 Å². The molecule has 7 nitrogen and oxygen atoms in total. The number of carbonyl (C=O) groups excluding carboxylic acids is 1. The van der Waals surface area contributed by atoms with Crippen molar-refractivity contribution in [2.45, 2.75) is 18.9 Å². The van der Waals surface area contributed by atoms with Crippen LogP contribution in [0.2, 0.25) is 0 Å². The molecule has 1 saturated heterocycles. The zero-order valence-electron chi connectivity index (χ0n) is 16.4. The number of likely N-dealkylation sites (N-methyl/N-ethyl adjacent to an activating group) is 1. The van der Waals surface area contributed by atoms with Crippen LogP contribution in [-0.4, -0.2) is 68.7 Å². The molecule has 0 unspecified atom stereocenters. The summed E-state index contributed by atoms with van der Waals surface area (Å²) in [5.74, 6) is 1.000. The molecule has 1 aromatic carbocycles. The molecule has 1 aliphatic heterocycles. The molecule has 1 amide bonds. The first kappa shape index (κ1) is 18.3. The summed E-state index contributed by atoms with van der Waals surface area (Å²) in [5.41, 5.74) is 3.12. The zero-order valence-corrected chi connectivity index (χ0v) is 16.4. The van der Waals surface area contributed by atoms with Gasteiger partial charge in [0.2, 0.25) is 0 Å². The molecule has 4 rings (SSSR count). The average Bonchev–Trinajstić information content (AvgIpc) is 3.38. The Bertz CT molecular complexity index is 934. The predicted octanol–water partition coefficient (Wildman–Crippen LogP) is 2.14. The molecule has 3 aromatic rings. The molecular formula is C21H24N6O. The minimum Gasteiger partial charge on any atom is -0.336 e. The lowest BCUT2D eigenvalue weighted by atomic mass is 9.93. The van der Waals surface area contributed by atoms with Crippen LogP contribution >= 0.6 is 0 Å². The number of likely N-dealkylation sites (tertiary alicyclic amines) is 1. The van der Waals surface area contributed by atoms with Gasteiger partial charge in [0.05, 0.1) is 5.56 Å². The molecule has 0 saturated carbocycles. The molecule has 0 aliphatic carbocycles. The van der Waals surface area contributed by atoms with Crippen LogP contribution < -0.4 is 0 Å². The Morgan fingerprint density at radius 3 is 2.36 bits per heavy atom. The molecule has 28 heavy (non-hydrogen) atoms. The summed E-state index contributed by atoms with van der Waals surface area (Å²) in [6.45, 7) is 3.50. The van der Waals surface area contributed by atoms with Gasteiger partial charge >= 0.3 is 0 Å². The number of amides is 1. The van der Waals surface area contributed by atoms with Crippen molar-refractivity contribution in [3.05, 3.63) is 71.9 Å². The van der Waals surface area contributed by atoms with E-state index in [1.54, 1.807) is 23.4 Å². The van der Waals surface area contributed by atoms with Crippen LogP contribution in [0.3, 0.4) is 0 Å². The summed E-state index contributed by atoms with van der Waals surface area (Å²) in [5, 5.41) is 7.56. The average molecular weight is 376 g/mol. The van der Waals surface area contributed by atoms with E-state index >= 15 is 0 Å². The number of rotatable bonds is 4. The third-order valence-electron chi connectivity index (χ3n) is 5.42. The second-order valence-corrected chi connectivity index (χ2v) is 7.53. The summed E-state index contributed by atoms with van der Waals surface area (Å²) in [7, 11) is 4.16. The largest absolute Gasteiger partial charge is 0.336 e. The van der Waals surface area contributed by atoms with E-state index in [4.69, 9.17) is 0 Å². The van der Waals surface area contributed by atoms with Gasteiger partial charge in [0.15, 0.2) is 0 Å². The Labute approximate surface area is 164 Å². The van der Waals surface area contributed by atoms with E-state index in [0.29, 0.717) is 30.4 Å². The summed E-state index contributed by atoms with van der Waals surface area (Å²) >= 11 is 0. The van der Waals surface area contributed by atoms with Crippen LogP contribution in [0, 0.1) is 6.92 Å². The number of carbonyl (C=O) groups is 1. The van der Waals surface area contributed by atoms with Crippen molar-refractivity contribution in [3.8, 4) is 5.82 Å². The van der Waals surface area contributed by atoms with E-state index in [1.165, 1.54) is 11.1 Å². The number of benzene rings is 1. The van der Waals surface area contributed by atoms with Crippen LogP contribution in [0.25, 0.3) is 5.82 Å². The lowest BCUT2D eigenvalue weighted by Crippen LogP contribution is -2.35. The molecule has 0 N–H and O–H groups in total. The molecule has 0 bridgehead atoms. The first-order valence-electron chi connectivity index (χ1n) is 9.36. The first-order valence-corrected chi connectivity index (χ1v) is 9.36. The van der Waals surface area contributed by atoms with Crippen molar-refractivity contribution in [2.75, 3.05) is 27.2 Å². The monoisotopic (exact) mass is 376 g/mol. The fourth-order valence-corrected chi connectivity index (χ4v) is 3.78. The molecular weight excluding hydrogens is 352 g/mol. The highest BCUT2D eigenvalue weighted by Crippen LogP contribution is 2.31. The Morgan fingerprint density at radius 2 is 1.75 bits per heavy atom.